The second-order valence-electron chi connectivity index (χ2n) is 5.58. The van der Waals surface area contributed by atoms with Crippen LogP contribution in [-0.2, 0) is 11.3 Å². The maximum atomic E-state index is 11.8. The Hall–Kier alpha value is -1.35. The fourth-order valence-electron chi connectivity index (χ4n) is 2.22. The third-order valence-electron chi connectivity index (χ3n) is 3.53. The molecule has 148 valence electrons. The Bertz CT molecular complexity index is 521. The lowest BCUT2D eigenvalue weighted by molar-refractivity contribution is 0.0956. The van der Waals surface area contributed by atoms with Crippen LogP contribution in [0.15, 0.2) is 29.3 Å². The van der Waals surface area contributed by atoms with Crippen molar-refractivity contribution in [2.75, 3.05) is 32.8 Å². The van der Waals surface area contributed by atoms with Gasteiger partial charge in [0.1, 0.15) is 0 Å². The van der Waals surface area contributed by atoms with E-state index in [0.717, 1.165) is 50.7 Å². The molecule has 0 atom stereocenters. The summed E-state index contributed by atoms with van der Waals surface area (Å²) in [6.07, 6.45) is 2.09. The summed E-state index contributed by atoms with van der Waals surface area (Å²) < 4.78 is 5.33. The van der Waals surface area contributed by atoms with Crippen molar-refractivity contribution < 1.29 is 9.53 Å². The molecule has 0 bridgehead atoms. The zero-order chi connectivity index (χ0) is 18.3. The normalized spacial score (nSPS) is 10.8. The summed E-state index contributed by atoms with van der Waals surface area (Å²) in [4.78, 5) is 16.3. The van der Waals surface area contributed by atoms with Gasteiger partial charge in [-0.25, -0.2) is 4.99 Å². The number of amides is 1. The number of hydrogen-bond acceptors (Lipinski definition) is 3. The van der Waals surface area contributed by atoms with Crippen molar-refractivity contribution in [1.29, 1.82) is 0 Å². The molecule has 0 radical (unpaired) electrons. The Labute approximate surface area is 174 Å². The lowest BCUT2D eigenvalue weighted by atomic mass is 10.1. The summed E-state index contributed by atoms with van der Waals surface area (Å²) in [5.41, 5.74) is 1.75. The number of nitrogens with zero attached hydrogens (tertiary/aromatic N) is 1. The average molecular weight is 476 g/mol. The van der Waals surface area contributed by atoms with Gasteiger partial charge in [0.05, 0.1) is 6.54 Å². The largest absolute Gasteiger partial charge is 0.382 e. The number of nitrogens with one attached hydrogen (secondary N) is 3. The van der Waals surface area contributed by atoms with E-state index in [0.29, 0.717) is 18.7 Å². The second-order valence-corrected chi connectivity index (χ2v) is 5.58. The lowest BCUT2D eigenvalue weighted by Gasteiger charge is -2.11. The first-order chi connectivity index (χ1) is 12.2. The van der Waals surface area contributed by atoms with E-state index in [1.807, 2.05) is 45.0 Å². The number of unbranched alkanes of at least 4 members (excludes halogenated alkanes) is 1. The first-order valence-electron chi connectivity index (χ1n) is 9.18. The zero-order valence-corrected chi connectivity index (χ0v) is 18.5. The van der Waals surface area contributed by atoms with Gasteiger partial charge in [-0.15, -0.1) is 24.0 Å². The van der Waals surface area contributed by atoms with Crippen LogP contribution in [0.1, 0.15) is 49.5 Å². The number of ether oxygens (including phenoxy) is 1. The number of benzene rings is 1. The van der Waals surface area contributed by atoms with Crippen LogP contribution in [0.25, 0.3) is 0 Å². The molecule has 0 spiro atoms. The second kappa shape index (κ2) is 15.9. The zero-order valence-electron chi connectivity index (χ0n) is 16.1. The average Bonchev–Trinajstić information content (AvgIpc) is 2.63. The Morgan fingerprint density at radius 3 is 2.31 bits per heavy atom. The first-order valence-corrected chi connectivity index (χ1v) is 9.18. The smallest absolute Gasteiger partial charge is 0.251 e. The molecular weight excluding hydrogens is 443 g/mol. The van der Waals surface area contributed by atoms with Crippen molar-refractivity contribution in [3.05, 3.63) is 35.4 Å². The Balaban J connectivity index is 0.00000625. The van der Waals surface area contributed by atoms with Crippen LogP contribution in [0.4, 0.5) is 0 Å². The molecule has 1 amide bonds. The van der Waals surface area contributed by atoms with Crippen LogP contribution in [0.5, 0.6) is 0 Å². The predicted molar refractivity (Wildman–Crippen MR) is 118 cm³/mol. The number of carbonyl (C=O) groups excluding carboxylic acids is 1. The molecule has 26 heavy (non-hydrogen) atoms. The molecule has 0 heterocycles. The third kappa shape index (κ3) is 10.6. The standard InChI is InChI=1S/C19H32N4O2.HI/c1-4-20-18(24)17-11-9-16(10-12-17)15-23-19(21-5-2)22-13-7-8-14-25-6-3;/h9-12H,4-8,13-15H2,1-3H3,(H,20,24)(H2,21,22,23);1H. The Morgan fingerprint density at radius 2 is 1.69 bits per heavy atom. The van der Waals surface area contributed by atoms with Gasteiger partial charge in [-0.05, 0) is 51.3 Å². The minimum Gasteiger partial charge on any atom is -0.382 e. The highest BCUT2D eigenvalue weighted by Crippen LogP contribution is 2.06. The van der Waals surface area contributed by atoms with Crippen molar-refractivity contribution in [2.45, 2.75) is 40.2 Å². The molecule has 1 aromatic rings. The summed E-state index contributed by atoms with van der Waals surface area (Å²) in [7, 11) is 0. The minimum absolute atomic E-state index is 0. The number of guanidine groups is 1. The van der Waals surface area contributed by atoms with Gasteiger partial charge in [0.2, 0.25) is 0 Å². The number of hydrogen-bond donors (Lipinski definition) is 3. The Kier molecular flexibility index (Phi) is 15.0. The van der Waals surface area contributed by atoms with Gasteiger partial charge < -0.3 is 20.7 Å². The highest BCUT2D eigenvalue weighted by atomic mass is 127. The van der Waals surface area contributed by atoms with Crippen LogP contribution in [0.3, 0.4) is 0 Å². The molecular formula is C19H33IN4O2. The molecule has 0 unspecified atom stereocenters. The van der Waals surface area contributed by atoms with Gasteiger partial charge in [0, 0.05) is 38.4 Å². The van der Waals surface area contributed by atoms with Crippen molar-refractivity contribution in [2.24, 2.45) is 4.99 Å². The maximum absolute atomic E-state index is 11.8. The van der Waals surface area contributed by atoms with E-state index in [9.17, 15) is 4.79 Å². The molecule has 1 rings (SSSR count). The van der Waals surface area contributed by atoms with Gasteiger partial charge in [0.15, 0.2) is 5.96 Å². The predicted octanol–water partition coefficient (Wildman–Crippen LogP) is 2.93. The topological polar surface area (TPSA) is 74.8 Å². The minimum atomic E-state index is -0.0420. The van der Waals surface area contributed by atoms with Crippen molar-refractivity contribution >= 4 is 35.8 Å². The van der Waals surface area contributed by atoms with Crippen molar-refractivity contribution in [3.8, 4) is 0 Å². The molecule has 1 aromatic carbocycles. The Morgan fingerprint density at radius 1 is 1.00 bits per heavy atom. The fourth-order valence-corrected chi connectivity index (χ4v) is 2.22. The van der Waals surface area contributed by atoms with Gasteiger partial charge >= 0.3 is 0 Å². The van der Waals surface area contributed by atoms with E-state index in [-0.39, 0.29) is 29.9 Å². The van der Waals surface area contributed by atoms with Crippen LogP contribution in [-0.4, -0.2) is 44.7 Å². The van der Waals surface area contributed by atoms with Gasteiger partial charge in [0.25, 0.3) is 5.91 Å². The van der Waals surface area contributed by atoms with E-state index < -0.39 is 0 Å². The summed E-state index contributed by atoms with van der Waals surface area (Å²) in [5.74, 6) is 0.770. The molecule has 0 aromatic heterocycles. The van der Waals surface area contributed by atoms with E-state index >= 15 is 0 Å². The van der Waals surface area contributed by atoms with Crippen LogP contribution in [0.2, 0.25) is 0 Å². The lowest BCUT2D eigenvalue weighted by Crippen LogP contribution is -2.37. The molecule has 0 aliphatic heterocycles. The van der Waals surface area contributed by atoms with E-state index in [4.69, 9.17) is 4.74 Å². The SMILES string of the molecule is CCNC(=O)c1ccc(CN=C(NCC)NCCCCOCC)cc1.I. The van der Waals surface area contributed by atoms with E-state index in [2.05, 4.69) is 20.9 Å². The number of carbonyl (C=O) groups is 1. The molecule has 6 nitrogen and oxygen atoms in total. The molecule has 0 saturated heterocycles. The molecule has 0 saturated carbocycles. The van der Waals surface area contributed by atoms with E-state index in [1.54, 1.807) is 0 Å². The quantitative estimate of drug-likeness (QED) is 0.199. The van der Waals surface area contributed by atoms with Crippen LogP contribution >= 0.6 is 24.0 Å². The van der Waals surface area contributed by atoms with Crippen LogP contribution in [0, 0.1) is 0 Å². The molecule has 3 N–H and O–H groups in total. The summed E-state index contributed by atoms with van der Waals surface area (Å²) in [5, 5.41) is 9.37. The van der Waals surface area contributed by atoms with Gasteiger partial charge in [-0.3, -0.25) is 4.79 Å². The van der Waals surface area contributed by atoms with Crippen molar-refractivity contribution in [1.82, 2.24) is 16.0 Å². The summed E-state index contributed by atoms with van der Waals surface area (Å²) in [6, 6.07) is 7.56. The first kappa shape index (κ1) is 24.7. The fraction of sp³-hybridized carbons (Fsp3) is 0.579. The van der Waals surface area contributed by atoms with Crippen LogP contribution < -0.4 is 16.0 Å². The molecule has 7 heteroatoms. The number of aliphatic imine (C=N–C) groups is 1. The maximum Gasteiger partial charge on any atom is 0.251 e. The molecule has 0 aliphatic carbocycles. The highest BCUT2D eigenvalue weighted by Gasteiger charge is 2.03. The number of rotatable bonds is 11. The molecule has 0 fully saturated rings. The monoisotopic (exact) mass is 476 g/mol. The molecule has 0 aliphatic rings. The van der Waals surface area contributed by atoms with Gasteiger partial charge in [-0.2, -0.15) is 0 Å². The van der Waals surface area contributed by atoms with E-state index in [1.165, 1.54) is 0 Å². The van der Waals surface area contributed by atoms with Crippen molar-refractivity contribution in [3.63, 3.8) is 0 Å². The third-order valence-corrected chi connectivity index (χ3v) is 3.53. The van der Waals surface area contributed by atoms with Gasteiger partial charge in [-0.1, -0.05) is 12.1 Å². The summed E-state index contributed by atoms with van der Waals surface area (Å²) in [6.45, 7) is 10.4. The highest BCUT2D eigenvalue weighted by molar-refractivity contribution is 14.0. The number of halogens is 1. The summed E-state index contributed by atoms with van der Waals surface area (Å²) >= 11 is 0.